The molecular weight excluding hydrogens is 160 g/mol. The van der Waals surface area contributed by atoms with Crippen LogP contribution in [-0.4, -0.2) is 9.55 Å². The van der Waals surface area contributed by atoms with E-state index in [1.165, 1.54) is 0 Å². The first-order chi connectivity index (χ1) is 5.16. The summed E-state index contributed by atoms with van der Waals surface area (Å²) in [5.74, 6) is 1.51. The predicted molar refractivity (Wildman–Crippen MR) is 47.0 cm³/mol. The molecule has 0 atom stereocenters. The normalized spacial score (nSPS) is 11.0. The van der Waals surface area contributed by atoms with Gasteiger partial charge in [0.25, 0.3) is 0 Å². The fourth-order valence-electron chi connectivity index (χ4n) is 1.14. The Kier molecular flexibility index (Phi) is 2.55. The van der Waals surface area contributed by atoms with Gasteiger partial charge < -0.3 is 4.57 Å². The molecular formula is C8H13ClN2. The molecule has 0 saturated carbocycles. The molecule has 11 heavy (non-hydrogen) atoms. The summed E-state index contributed by atoms with van der Waals surface area (Å²) in [6.07, 6.45) is 1.71. The van der Waals surface area contributed by atoms with Crippen LogP contribution in [-0.2, 0) is 6.54 Å². The fourth-order valence-corrected chi connectivity index (χ4v) is 1.40. The Morgan fingerprint density at radius 3 is 2.64 bits per heavy atom. The molecule has 62 valence electrons. The van der Waals surface area contributed by atoms with Crippen molar-refractivity contribution < 1.29 is 0 Å². The summed E-state index contributed by atoms with van der Waals surface area (Å²) in [4.78, 5) is 4.22. The van der Waals surface area contributed by atoms with Crippen molar-refractivity contribution in [2.75, 3.05) is 0 Å². The molecule has 0 N–H and O–H groups in total. The van der Waals surface area contributed by atoms with E-state index in [-0.39, 0.29) is 0 Å². The zero-order valence-electron chi connectivity index (χ0n) is 7.13. The van der Waals surface area contributed by atoms with Gasteiger partial charge in [0, 0.05) is 12.5 Å². The third-order valence-electron chi connectivity index (χ3n) is 1.67. The van der Waals surface area contributed by atoms with E-state index in [0.29, 0.717) is 5.92 Å². The monoisotopic (exact) mass is 172 g/mol. The molecule has 0 unspecified atom stereocenters. The van der Waals surface area contributed by atoms with Crippen LogP contribution in [0.3, 0.4) is 0 Å². The van der Waals surface area contributed by atoms with E-state index < -0.39 is 0 Å². The summed E-state index contributed by atoms with van der Waals surface area (Å²) in [6, 6.07) is 0. The molecule has 0 aliphatic heterocycles. The van der Waals surface area contributed by atoms with Gasteiger partial charge in [-0.05, 0) is 6.92 Å². The molecule has 1 heterocycles. The molecule has 1 aromatic heterocycles. The minimum Gasteiger partial charge on any atom is -0.319 e. The van der Waals surface area contributed by atoms with Crippen molar-refractivity contribution in [3.05, 3.63) is 17.2 Å². The summed E-state index contributed by atoms with van der Waals surface area (Å²) in [5.41, 5.74) is 0. The maximum Gasteiger partial charge on any atom is 0.128 e. The molecule has 1 aromatic rings. The zero-order chi connectivity index (χ0) is 8.43. The highest BCUT2D eigenvalue weighted by molar-refractivity contribution is 6.29. The molecule has 0 saturated heterocycles. The molecule has 0 spiro atoms. The Morgan fingerprint density at radius 2 is 2.27 bits per heavy atom. The molecule has 2 nitrogen and oxygen atoms in total. The highest BCUT2D eigenvalue weighted by atomic mass is 35.5. The van der Waals surface area contributed by atoms with Crippen LogP contribution in [0.2, 0.25) is 5.15 Å². The van der Waals surface area contributed by atoms with E-state index in [2.05, 4.69) is 25.8 Å². The van der Waals surface area contributed by atoms with Crippen molar-refractivity contribution >= 4 is 11.6 Å². The number of aromatic nitrogens is 2. The minimum atomic E-state index is 0.447. The Balaban J connectivity index is 3.05. The van der Waals surface area contributed by atoms with Crippen LogP contribution in [0.5, 0.6) is 0 Å². The predicted octanol–water partition coefficient (Wildman–Crippen LogP) is 2.68. The highest BCUT2D eigenvalue weighted by Crippen LogP contribution is 2.18. The van der Waals surface area contributed by atoms with Crippen LogP contribution < -0.4 is 0 Å². The van der Waals surface area contributed by atoms with Gasteiger partial charge in [-0.3, -0.25) is 0 Å². The largest absolute Gasteiger partial charge is 0.319 e. The molecule has 0 fully saturated rings. The van der Waals surface area contributed by atoms with Gasteiger partial charge in [-0.15, -0.1) is 0 Å². The van der Waals surface area contributed by atoms with Gasteiger partial charge in [0.15, 0.2) is 0 Å². The molecule has 0 aliphatic carbocycles. The summed E-state index contributed by atoms with van der Waals surface area (Å²) < 4.78 is 2.02. The number of imidazole rings is 1. The summed E-state index contributed by atoms with van der Waals surface area (Å²) >= 11 is 5.89. The zero-order valence-corrected chi connectivity index (χ0v) is 7.89. The average molecular weight is 173 g/mol. The lowest BCUT2D eigenvalue weighted by atomic mass is 10.2. The van der Waals surface area contributed by atoms with Crippen molar-refractivity contribution in [3.8, 4) is 0 Å². The maximum atomic E-state index is 5.89. The fraction of sp³-hybridized carbons (Fsp3) is 0.625. The van der Waals surface area contributed by atoms with Gasteiger partial charge in [0.05, 0.1) is 6.20 Å². The van der Waals surface area contributed by atoms with Crippen molar-refractivity contribution in [3.63, 3.8) is 0 Å². The van der Waals surface area contributed by atoms with Gasteiger partial charge in [-0.1, -0.05) is 25.4 Å². The summed E-state index contributed by atoms with van der Waals surface area (Å²) in [5, 5.41) is 0.733. The molecule has 0 radical (unpaired) electrons. The van der Waals surface area contributed by atoms with E-state index in [0.717, 1.165) is 17.5 Å². The minimum absolute atomic E-state index is 0.447. The second-order valence-corrected chi connectivity index (χ2v) is 3.23. The second-order valence-electron chi connectivity index (χ2n) is 2.84. The lowest BCUT2D eigenvalue weighted by molar-refractivity contribution is 0.653. The Morgan fingerprint density at radius 1 is 1.64 bits per heavy atom. The van der Waals surface area contributed by atoms with Crippen molar-refractivity contribution in [2.24, 2.45) is 0 Å². The molecule has 0 amide bonds. The van der Waals surface area contributed by atoms with Crippen molar-refractivity contribution in [1.82, 2.24) is 9.55 Å². The smallest absolute Gasteiger partial charge is 0.128 e. The first-order valence-corrected chi connectivity index (χ1v) is 4.25. The van der Waals surface area contributed by atoms with Crippen LogP contribution >= 0.6 is 11.6 Å². The van der Waals surface area contributed by atoms with E-state index in [1.807, 2.05) is 4.57 Å². The van der Waals surface area contributed by atoms with Crippen molar-refractivity contribution in [1.29, 1.82) is 0 Å². The van der Waals surface area contributed by atoms with Gasteiger partial charge >= 0.3 is 0 Å². The van der Waals surface area contributed by atoms with Gasteiger partial charge in [0.2, 0.25) is 0 Å². The lowest BCUT2D eigenvalue weighted by Gasteiger charge is -2.07. The number of hydrogen-bond acceptors (Lipinski definition) is 1. The highest BCUT2D eigenvalue weighted by Gasteiger charge is 2.08. The second kappa shape index (κ2) is 3.26. The summed E-state index contributed by atoms with van der Waals surface area (Å²) in [6.45, 7) is 7.20. The van der Waals surface area contributed by atoms with Crippen LogP contribution in [0.15, 0.2) is 6.20 Å². The van der Waals surface area contributed by atoms with E-state index in [1.54, 1.807) is 6.20 Å². The quantitative estimate of drug-likeness (QED) is 0.671. The van der Waals surface area contributed by atoms with Gasteiger partial charge in [-0.2, -0.15) is 0 Å². The Labute approximate surface area is 72.2 Å². The first kappa shape index (κ1) is 8.60. The summed E-state index contributed by atoms with van der Waals surface area (Å²) in [7, 11) is 0. The van der Waals surface area contributed by atoms with Crippen molar-refractivity contribution in [2.45, 2.75) is 33.2 Å². The van der Waals surface area contributed by atoms with Crippen LogP contribution in [0.25, 0.3) is 0 Å². The standard InChI is InChI=1S/C8H13ClN2/c1-4-11-7(9)5-10-8(11)6(2)3/h5-6H,4H2,1-3H3. The molecule has 1 rings (SSSR count). The topological polar surface area (TPSA) is 17.8 Å². The van der Waals surface area contributed by atoms with Crippen LogP contribution in [0.4, 0.5) is 0 Å². The molecule has 0 bridgehead atoms. The van der Waals surface area contributed by atoms with E-state index in [9.17, 15) is 0 Å². The average Bonchev–Trinajstić information content (AvgIpc) is 2.30. The number of halogens is 1. The van der Waals surface area contributed by atoms with E-state index in [4.69, 9.17) is 11.6 Å². The molecule has 0 aromatic carbocycles. The third kappa shape index (κ3) is 1.56. The maximum absolute atomic E-state index is 5.89. The first-order valence-electron chi connectivity index (χ1n) is 3.87. The number of hydrogen-bond donors (Lipinski definition) is 0. The molecule has 3 heteroatoms. The van der Waals surface area contributed by atoms with Gasteiger partial charge in [-0.25, -0.2) is 4.98 Å². The Bertz CT molecular complexity index is 240. The lowest BCUT2D eigenvalue weighted by Crippen LogP contribution is -2.03. The SMILES string of the molecule is CCn1c(Cl)cnc1C(C)C. The number of nitrogens with zero attached hydrogens (tertiary/aromatic N) is 2. The van der Waals surface area contributed by atoms with Crippen LogP contribution in [0.1, 0.15) is 32.5 Å². The Hall–Kier alpha value is -0.500. The number of rotatable bonds is 2. The third-order valence-corrected chi connectivity index (χ3v) is 1.97. The van der Waals surface area contributed by atoms with Crippen LogP contribution in [0, 0.1) is 0 Å². The van der Waals surface area contributed by atoms with E-state index >= 15 is 0 Å². The molecule has 0 aliphatic rings. The van der Waals surface area contributed by atoms with Gasteiger partial charge in [0.1, 0.15) is 11.0 Å².